The Morgan fingerprint density at radius 1 is 1.32 bits per heavy atom. The van der Waals surface area contributed by atoms with Gasteiger partial charge in [0, 0.05) is 29.6 Å². The Bertz CT molecular complexity index is 672. The first-order chi connectivity index (χ1) is 9.26. The normalized spacial score (nSPS) is 25.7. The summed E-state index contributed by atoms with van der Waals surface area (Å²) in [4.78, 5) is 17.8. The number of H-pyrrole nitrogens is 1. The summed E-state index contributed by atoms with van der Waals surface area (Å²) in [5.74, 6) is 0.325. The molecule has 4 rings (SSSR count). The molecule has 2 aliphatic heterocycles. The number of amides is 1. The zero-order valence-corrected chi connectivity index (χ0v) is 11.2. The molecule has 0 aliphatic carbocycles. The number of rotatable bonds is 1. The third kappa shape index (κ3) is 1.25. The number of nitrogens with one attached hydrogen (secondary N) is 1. The van der Waals surface area contributed by atoms with Crippen molar-refractivity contribution in [2.75, 3.05) is 6.54 Å². The van der Waals surface area contributed by atoms with Crippen LogP contribution in [0, 0.1) is 0 Å². The lowest BCUT2D eigenvalue weighted by atomic mass is 9.82. The van der Waals surface area contributed by atoms with E-state index in [9.17, 15) is 4.79 Å². The molecule has 1 amide bonds. The van der Waals surface area contributed by atoms with Crippen molar-refractivity contribution in [2.24, 2.45) is 0 Å². The van der Waals surface area contributed by atoms with Gasteiger partial charge in [0.1, 0.15) is 0 Å². The number of carbonyl (C=O) groups is 1. The second-order valence-corrected chi connectivity index (χ2v) is 5.70. The van der Waals surface area contributed by atoms with E-state index in [2.05, 4.69) is 41.1 Å². The van der Waals surface area contributed by atoms with E-state index in [0.717, 1.165) is 25.8 Å². The van der Waals surface area contributed by atoms with Crippen LogP contribution in [-0.4, -0.2) is 22.3 Å². The summed E-state index contributed by atoms with van der Waals surface area (Å²) in [5.41, 5.74) is 3.88. The van der Waals surface area contributed by atoms with Gasteiger partial charge in [-0.2, -0.15) is 0 Å². The number of aromatic amines is 1. The van der Waals surface area contributed by atoms with Crippen LogP contribution in [0.25, 0.3) is 10.9 Å². The minimum atomic E-state index is -0.0658. The van der Waals surface area contributed by atoms with Crippen LogP contribution < -0.4 is 0 Å². The van der Waals surface area contributed by atoms with E-state index in [-0.39, 0.29) is 5.54 Å². The maximum atomic E-state index is 12.1. The van der Waals surface area contributed by atoms with Gasteiger partial charge >= 0.3 is 0 Å². The van der Waals surface area contributed by atoms with Crippen molar-refractivity contribution in [1.82, 2.24) is 9.88 Å². The first-order valence-electron chi connectivity index (χ1n) is 7.17. The van der Waals surface area contributed by atoms with Crippen molar-refractivity contribution < 1.29 is 4.79 Å². The minimum Gasteiger partial charge on any atom is -0.356 e. The number of hydrogen-bond donors (Lipinski definition) is 1. The first-order valence-corrected chi connectivity index (χ1v) is 7.17. The van der Waals surface area contributed by atoms with Crippen molar-refractivity contribution >= 4 is 16.8 Å². The number of fused-ring (bicyclic) bond motifs is 5. The quantitative estimate of drug-likeness (QED) is 0.834. The highest BCUT2D eigenvalue weighted by Crippen LogP contribution is 2.47. The van der Waals surface area contributed by atoms with Gasteiger partial charge < -0.3 is 9.88 Å². The maximum absolute atomic E-state index is 12.1. The molecule has 2 aliphatic rings. The summed E-state index contributed by atoms with van der Waals surface area (Å²) in [7, 11) is 0. The summed E-state index contributed by atoms with van der Waals surface area (Å²) in [5, 5.41) is 1.34. The van der Waals surface area contributed by atoms with Gasteiger partial charge in [0.25, 0.3) is 0 Å². The first kappa shape index (κ1) is 11.1. The van der Waals surface area contributed by atoms with Gasteiger partial charge in [-0.3, -0.25) is 4.79 Å². The number of hydrogen-bond acceptors (Lipinski definition) is 1. The molecule has 3 heterocycles. The molecule has 2 aromatic rings. The molecular weight excluding hydrogens is 236 g/mol. The predicted octanol–water partition coefficient (Wildman–Crippen LogP) is 2.95. The Balaban J connectivity index is 2.00. The monoisotopic (exact) mass is 254 g/mol. The van der Waals surface area contributed by atoms with Gasteiger partial charge in [-0.25, -0.2) is 0 Å². The summed E-state index contributed by atoms with van der Waals surface area (Å²) in [6.45, 7) is 3.08. The molecule has 0 bridgehead atoms. The summed E-state index contributed by atoms with van der Waals surface area (Å²) in [6, 6.07) is 8.50. The summed E-state index contributed by atoms with van der Waals surface area (Å²) in [6.07, 6.45) is 3.64. The maximum Gasteiger partial charge on any atom is 0.223 e. The Morgan fingerprint density at radius 2 is 2.16 bits per heavy atom. The zero-order chi connectivity index (χ0) is 13.0. The van der Waals surface area contributed by atoms with E-state index in [0.29, 0.717) is 12.3 Å². The van der Waals surface area contributed by atoms with Crippen LogP contribution in [0.2, 0.25) is 0 Å². The van der Waals surface area contributed by atoms with Gasteiger partial charge in [0.2, 0.25) is 5.91 Å². The van der Waals surface area contributed by atoms with E-state index in [1.54, 1.807) is 0 Å². The highest BCUT2D eigenvalue weighted by atomic mass is 16.2. The van der Waals surface area contributed by atoms with Crippen LogP contribution in [-0.2, 0) is 16.8 Å². The van der Waals surface area contributed by atoms with Gasteiger partial charge in [-0.1, -0.05) is 25.1 Å². The molecule has 3 nitrogen and oxygen atoms in total. The molecule has 1 saturated heterocycles. The van der Waals surface area contributed by atoms with Gasteiger partial charge in [0.05, 0.1) is 5.54 Å². The van der Waals surface area contributed by atoms with Crippen LogP contribution >= 0.6 is 0 Å². The summed E-state index contributed by atoms with van der Waals surface area (Å²) >= 11 is 0. The van der Waals surface area contributed by atoms with Crippen molar-refractivity contribution in [2.45, 2.75) is 38.1 Å². The fraction of sp³-hybridized carbons (Fsp3) is 0.438. The molecule has 1 atom stereocenters. The Labute approximate surface area is 112 Å². The Morgan fingerprint density at radius 3 is 3.00 bits per heavy atom. The lowest BCUT2D eigenvalue weighted by Gasteiger charge is -2.41. The Kier molecular flexibility index (Phi) is 2.12. The highest BCUT2D eigenvalue weighted by Gasteiger charge is 2.49. The van der Waals surface area contributed by atoms with Gasteiger partial charge in [0.15, 0.2) is 0 Å². The van der Waals surface area contributed by atoms with E-state index < -0.39 is 0 Å². The zero-order valence-electron chi connectivity index (χ0n) is 11.2. The Hall–Kier alpha value is -1.77. The number of carbonyl (C=O) groups excluding carboxylic acids is 1. The van der Waals surface area contributed by atoms with Crippen molar-refractivity contribution in [3.63, 3.8) is 0 Å². The molecule has 0 saturated carbocycles. The smallest absolute Gasteiger partial charge is 0.223 e. The van der Waals surface area contributed by atoms with Gasteiger partial charge in [-0.05, 0) is 30.9 Å². The summed E-state index contributed by atoms with van der Waals surface area (Å²) < 4.78 is 0. The van der Waals surface area contributed by atoms with E-state index >= 15 is 0 Å². The lowest BCUT2D eigenvalue weighted by Crippen LogP contribution is -2.47. The van der Waals surface area contributed by atoms with E-state index in [1.807, 2.05) is 0 Å². The second-order valence-electron chi connectivity index (χ2n) is 5.70. The predicted molar refractivity (Wildman–Crippen MR) is 74.9 cm³/mol. The minimum absolute atomic E-state index is 0.0658. The van der Waals surface area contributed by atoms with E-state index in [1.165, 1.54) is 22.2 Å². The van der Waals surface area contributed by atoms with Crippen molar-refractivity contribution in [3.8, 4) is 0 Å². The molecule has 1 aromatic carbocycles. The van der Waals surface area contributed by atoms with E-state index in [4.69, 9.17) is 0 Å². The standard InChI is InChI=1S/C16H18N2O/c1-2-16-9-7-14(19)18(16)10-8-12-11-5-3-4-6-13(11)17-15(12)16/h3-6,17H,2,7-10H2,1H3. The topological polar surface area (TPSA) is 36.1 Å². The molecule has 1 fully saturated rings. The third-order valence-corrected chi connectivity index (χ3v) is 5.02. The molecule has 0 radical (unpaired) electrons. The molecular formula is C16H18N2O. The number of aromatic nitrogens is 1. The van der Waals surface area contributed by atoms with Crippen LogP contribution in [0.1, 0.15) is 37.4 Å². The fourth-order valence-corrected chi connectivity index (χ4v) is 4.05. The van der Waals surface area contributed by atoms with Crippen molar-refractivity contribution in [3.05, 3.63) is 35.5 Å². The average molecular weight is 254 g/mol. The van der Waals surface area contributed by atoms with Crippen LogP contribution in [0.4, 0.5) is 0 Å². The number of para-hydroxylation sites is 1. The second kappa shape index (κ2) is 3.62. The lowest BCUT2D eigenvalue weighted by molar-refractivity contribution is -0.132. The highest BCUT2D eigenvalue weighted by molar-refractivity contribution is 5.87. The number of benzene rings is 1. The molecule has 98 valence electrons. The molecule has 1 aromatic heterocycles. The molecule has 3 heteroatoms. The molecule has 1 unspecified atom stereocenters. The average Bonchev–Trinajstić information content (AvgIpc) is 2.98. The SMILES string of the molecule is CCC12CCC(=O)N1CCc1c2[nH]c2ccccc12. The molecule has 0 spiro atoms. The molecule has 19 heavy (non-hydrogen) atoms. The largest absolute Gasteiger partial charge is 0.356 e. The van der Waals surface area contributed by atoms with Crippen LogP contribution in [0.3, 0.4) is 0 Å². The molecule has 1 N–H and O–H groups in total. The van der Waals surface area contributed by atoms with Crippen LogP contribution in [0.15, 0.2) is 24.3 Å². The fourth-order valence-electron chi connectivity index (χ4n) is 4.05. The van der Waals surface area contributed by atoms with Crippen LogP contribution in [0.5, 0.6) is 0 Å². The van der Waals surface area contributed by atoms with Crippen molar-refractivity contribution in [1.29, 1.82) is 0 Å². The van der Waals surface area contributed by atoms with Gasteiger partial charge in [-0.15, -0.1) is 0 Å². The third-order valence-electron chi connectivity index (χ3n) is 5.02. The number of nitrogens with zero attached hydrogens (tertiary/aromatic N) is 1.